The zero-order valence-electron chi connectivity index (χ0n) is 18.6. The maximum absolute atomic E-state index is 12.5. The lowest BCUT2D eigenvalue weighted by molar-refractivity contribution is -0.122. The summed E-state index contributed by atoms with van der Waals surface area (Å²) in [5.41, 5.74) is 2.68. The van der Waals surface area contributed by atoms with Gasteiger partial charge in [-0.05, 0) is 43.7 Å². The monoisotopic (exact) mass is 438 g/mol. The van der Waals surface area contributed by atoms with Crippen LogP contribution in [0.4, 0.5) is 11.4 Å². The molecule has 0 aliphatic carbocycles. The Morgan fingerprint density at radius 1 is 1.03 bits per heavy atom. The molecule has 1 aliphatic rings. The van der Waals surface area contributed by atoms with E-state index < -0.39 is 5.97 Å². The van der Waals surface area contributed by atoms with Gasteiger partial charge in [0.15, 0.2) is 0 Å². The highest BCUT2D eigenvalue weighted by molar-refractivity contribution is 6.05. The number of hydrogen-bond donors (Lipinski definition) is 3. The number of carbonyl (C=O) groups excluding carboxylic acids is 2. The number of aromatic carboxylic acids is 1. The van der Waals surface area contributed by atoms with Gasteiger partial charge in [-0.1, -0.05) is 24.6 Å². The van der Waals surface area contributed by atoms with E-state index in [1.54, 1.807) is 24.3 Å². The van der Waals surface area contributed by atoms with E-state index in [1.807, 2.05) is 30.9 Å². The number of carbonyl (C=O) groups is 3. The lowest BCUT2D eigenvalue weighted by Crippen LogP contribution is -2.49. The molecule has 1 saturated heterocycles. The second-order valence-electron chi connectivity index (χ2n) is 7.97. The summed E-state index contributed by atoms with van der Waals surface area (Å²) < 4.78 is 0. The second kappa shape index (κ2) is 10.8. The summed E-state index contributed by atoms with van der Waals surface area (Å²) in [7, 11) is 0. The van der Waals surface area contributed by atoms with E-state index in [0.717, 1.165) is 12.0 Å². The Morgan fingerprint density at radius 3 is 2.44 bits per heavy atom. The van der Waals surface area contributed by atoms with E-state index >= 15 is 0 Å². The molecule has 2 aromatic carbocycles. The van der Waals surface area contributed by atoms with Gasteiger partial charge in [0.2, 0.25) is 5.91 Å². The van der Waals surface area contributed by atoms with Crippen LogP contribution in [0.25, 0.3) is 0 Å². The number of anilines is 2. The highest BCUT2D eigenvalue weighted by atomic mass is 16.4. The van der Waals surface area contributed by atoms with Crippen molar-refractivity contribution >= 4 is 29.2 Å². The van der Waals surface area contributed by atoms with E-state index in [0.29, 0.717) is 56.2 Å². The molecule has 1 fully saturated rings. The maximum atomic E-state index is 12.5. The van der Waals surface area contributed by atoms with Gasteiger partial charge >= 0.3 is 5.97 Å². The second-order valence-corrected chi connectivity index (χ2v) is 7.97. The predicted octanol–water partition coefficient (Wildman–Crippen LogP) is 2.59. The lowest BCUT2D eigenvalue weighted by Gasteiger charge is -2.36. The van der Waals surface area contributed by atoms with Crippen molar-refractivity contribution in [2.75, 3.05) is 49.5 Å². The molecule has 3 rings (SSSR count). The van der Waals surface area contributed by atoms with E-state index in [4.69, 9.17) is 0 Å². The molecule has 0 radical (unpaired) electrons. The third kappa shape index (κ3) is 6.07. The van der Waals surface area contributed by atoms with Crippen LogP contribution in [0.2, 0.25) is 0 Å². The zero-order chi connectivity index (χ0) is 23.1. The van der Waals surface area contributed by atoms with Crippen LogP contribution >= 0.6 is 0 Å². The normalized spacial score (nSPS) is 14.1. The first-order valence-electron chi connectivity index (χ1n) is 10.9. The van der Waals surface area contributed by atoms with Gasteiger partial charge in [-0.15, -0.1) is 0 Å². The van der Waals surface area contributed by atoms with Gasteiger partial charge in [0.05, 0.1) is 17.8 Å². The quantitative estimate of drug-likeness (QED) is 0.586. The average molecular weight is 439 g/mol. The number of carboxylic acids is 1. The Morgan fingerprint density at radius 2 is 1.78 bits per heavy atom. The topological polar surface area (TPSA) is 102 Å². The van der Waals surface area contributed by atoms with Crippen LogP contribution in [0, 0.1) is 6.92 Å². The molecule has 0 atom stereocenters. The molecular weight excluding hydrogens is 408 g/mol. The number of aryl methyl sites for hydroxylation is 1. The Kier molecular flexibility index (Phi) is 7.83. The van der Waals surface area contributed by atoms with Gasteiger partial charge in [-0.25, -0.2) is 4.79 Å². The van der Waals surface area contributed by atoms with Gasteiger partial charge in [-0.3, -0.25) is 14.5 Å². The van der Waals surface area contributed by atoms with Crippen LogP contribution in [0.3, 0.4) is 0 Å². The Hall–Kier alpha value is -3.39. The molecule has 1 aliphatic heterocycles. The average Bonchev–Trinajstić information content (AvgIpc) is 2.78. The van der Waals surface area contributed by atoms with Gasteiger partial charge in [0.25, 0.3) is 5.91 Å². The van der Waals surface area contributed by atoms with Gasteiger partial charge in [0.1, 0.15) is 0 Å². The fraction of sp³-hybridized carbons (Fsp3) is 0.375. The maximum Gasteiger partial charge on any atom is 0.337 e. The molecule has 2 aromatic rings. The fourth-order valence-corrected chi connectivity index (χ4v) is 3.72. The van der Waals surface area contributed by atoms with Gasteiger partial charge in [0, 0.05) is 44.0 Å². The van der Waals surface area contributed by atoms with Crippen molar-refractivity contribution in [2.24, 2.45) is 0 Å². The van der Waals surface area contributed by atoms with E-state index in [2.05, 4.69) is 15.5 Å². The molecule has 8 nitrogen and oxygen atoms in total. The summed E-state index contributed by atoms with van der Waals surface area (Å²) >= 11 is 0. The van der Waals surface area contributed by atoms with Crippen molar-refractivity contribution in [2.45, 2.75) is 20.3 Å². The number of nitrogens with zero attached hydrogens (tertiary/aromatic N) is 2. The van der Waals surface area contributed by atoms with Crippen LogP contribution < -0.4 is 15.5 Å². The smallest absolute Gasteiger partial charge is 0.337 e. The molecule has 0 bridgehead atoms. The predicted molar refractivity (Wildman–Crippen MR) is 124 cm³/mol. The molecule has 32 heavy (non-hydrogen) atoms. The van der Waals surface area contributed by atoms with Gasteiger partial charge in [-0.2, -0.15) is 0 Å². The minimum atomic E-state index is -1.05. The van der Waals surface area contributed by atoms with E-state index in [-0.39, 0.29) is 17.4 Å². The fourth-order valence-electron chi connectivity index (χ4n) is 3.72. The van der Waals surface area contributed by atoms with Crippen molar-refractivity contribution in [3.05, 3.63) is 59.2 Å². The van der Waals surface area contributed by atoms with Crippen LogP contribution in [0.1, 0.15) is 39.6 Å². The summed E-state index contributed by atoms with van der Waals surface area (Å²) in [6.45, 7) is 7.53. The Bertz CT molecular complexity index is 984. The molecular formula is C24H30N4O4. The van der Waals surface area contributed by atoms with Crippen molar-refractivity contribution in [3.8, 4) is 0 Å². The minimum absolute atomic E-state index is 0.0141. The first-order valence-corrected chi connectivity index (χ1v) is 10.9. The van der Waals surface area contributed by atoms with Crippen molar-refractivity contribution in [1.82, 2.24) is 10.2 Å². The Balaban J connectivity index is 1.66. The largest absolute Gasteiger partial charge is 0.478 e. The third-order valence-electron chi connectivity index (χ3n) is 5.42. The SMILES string of the molecule is CCCNC(=O)CN1CCN(c2ccc(NC(=O)c3cccc(C)c3)cc2C(=O)O)CC1. The standard InChI is InChI=1S/C24H30N4O4/c1-3-9-25-22(29)16-27-10-12-28(13-11-27)21-8-7-19(15-20(21)24(31)32)26-23(30)18-6-4-5-17(2)14-18/h4-8,14-15H,3,9-13,16H2,1-2H3,(H,25,29)(H,26,30)(H,31,32). The first kappa shape index (κ1) is 23.3. The van der Waals surface area contributed by atoms with Crippen molar-refractivity contribution in [3.63, 3.8) is 0 Å². The van der Waals surface area contributed by atoms with Crippen LogP contribution in [0.5, 0.6) is 0 Å². The summed E-state index contributed by atoms with van der Waals surface area (Å²) in [5.74, 6) is -1.32. The molecule has 170 valence electrons. The Labute approximate surface area is 188 Å². The van der Waals surface area contributed by atoms with Gasteiger partial charge < -0.3 is 20.6 Å². The molecule has 0 saturated carbocycles. The molecule has 0 aromatic heterocycles. The summed E-state index contributed by atoms with van der Waals surface area (Å²) in [5, 5.41) is 15.4. The molecule has 3 N–H and O–H groups in total. The first-order chi connectivity index (χ1) is 15.4. The van der Waals surface area contributed by atoms with Crippen molar-refractivity contribution in [1.29, 1.82) is 0 Å². The summed E-state index contributed by atoms with van der Waals surface area (Å²) in [4.78, 5) is 40.5. The minimum Gasteiger partial charge on any atom is -0.478 e. The highest BCUT2D eigenvalue weighted by Crippen LogP contribution is 2.26. The van der Waals surface area contributed by atoms with Crippen molar-refractivity contribution < 1.29 is 19.5 Å². The lowest BCUT2D eigenvalue weighted by atomic mass is 10.1. The number of benzene rings is 2. The molecule has 0 unspecified atom stereocenters. The van der Waals surface area contributed by atoms with E-state index in [1.165, 1.54) is 6.07 Å². The number of amides is 2. The van der Waals surface area contributed by atoms with Crippen LogP contribution in [0.15, 0.2) is 42.5 Å². The molecule has 8 heteroatoms. The number of rotatable bonds is 8. The molecule has 1 heterocycles. The van der Waals surface area contributed by atoms with Crippen LogP contribution in [-0.4, -0.2) is 67.1 Å². The summed E-state index contributed by atoms with van der Waals surface area (Å²) in [6, 6.07) is 12.2. The zero-order valence-corrected chi connectivity index (χ0v) is 18.6. The highest BCUT2D eigenvalue weighted by Gasteiger charge is 2.23. The number of piperazine rings is 1. The van der Waals surface area contributed by atoms with E-state index in [9.17, 15) is 19.5 Å². The number of nitrogens with one attached hydrogen (secondary N) is 2. The summed E-state index contributed by atoms with van der Waals surface area (Å²) in [6.07, 6.45) is 0.902. The van der Waals surface area contributed by atoms with Crippen LogP contribution in [-0.2, 0) is 4.79 Å². The number of carboxylic acid groups (broad SMARTS) is 1. The molecule has 2 amide bonds. The molecule has 0 spiro atoms. The number of hydrogen-bond acceptors (Lipinski definition) is 5. The third-order valence-corrected chi connectivity index (χ3v) is 5.42.